The largest absolute Gasteiger partial charge is 0.338 e. The van der Waals surface area contributed by atoms with Crippen LogP contribution < -0.4 is 5.32 Å². The fourth-order valence-electron chi connectivity index (χ4n) is 6.12. The van der Waals surface area contributed by atoms with Crippen molar-refractivity contribution in [1.29, 1.82) is 0 Å². The highest BCUT2D eigenvalue weighted by molar-refractivity contribution is 6.06. The average molecular weight is 420 g/mol. The van der Waals surface area contributed by atoms with E-state index in [4.69, 9.17) is 0 Å². The Morgan fingerprint density at radius 3 is 2.52 bits per heavy atom. The van der Waals surface area contributed by atoms with Crippen LogP contribution >= 0.6 is 0 Å². The van der Waals surface area contributed by atoms with Crippen molar-refractivity contribution < 1.29 is 14.4 Å². The van der Waals surface area contributed by atoms with Gasteiger partial charge in [-0.3, -0.25) is 19.4 Å². The smallest absolute Gasteiger partial charge is 0.271 e. The van der Waals surface area contributed by atoms with Gasteiger partial charge in [0.05, 0.1) is 6.04 Å². The molecule has 1 saturated heterocycles. The highest BCUT2D eigenvalue weighted by atomic mass is 16.2. The molecule has 2 saturated carbocycles. The lowest BCUT2D eigenvalue weighted by molar-refractivity contribution is -0.143. The first-order valence-corrected chi connectivity index (χ1v) is 11.2. The fraction of sp³-hybridized carbons (Fsp3) is 0.520. The van der Waals surface area contributed by atoms with E-state index in [1.165, 1.54) is 0 Å². The third kappa shape index (κ3) is 3.07. The Bertz CT molecular complexity index is 1080. The van der Waals surface area contributed by atoms with Crippen molar-refractivity contribution in [2.24, 2.45) is 23.2 Å². The van der Waals surface area contributed by atoms with Crippen molar-refractivity contribution in [2.75, 3.05) is 0 Å². The van der Waals surface area contributed by atoms with Crippen molar-refractivity contribution in [3.8, 4) is 0 Å². The molecule has 2 heterocycles. The minimum Gasteiger partial charge on any atom is -0.338 e. The maximum absolute atomic E-state index is 13.8. The molecule has 162 valence electrons. The predicted molar refractivity (Wildman–Crippen MR) is 117 cm³/mol. The van der Waals surface area contributed by atoms with Crippen molar-refractivity contribution in [1.82, 2.24) is 15.2 Å². The molecule has 31 heavy (non-hydrogen) atoms. The summed E-state index contributed by atoms with van der Waals surface area (Å²) in [6, 6.07) is 8.54. The Kier molecular flexibility index (Phi) is 4.47. The minimum absolute atomic E-state index is 0.0564. The van der Waals surface area contributed by atoms with Crippen molar-refractivity contribution in [2.45, 2.75) is 58.7 Å². The molecule has 2 amide bonds. The molecule has 0 radical (unpaired) electrons. The van der Waals surface area contributed by atoms with E-state index >= 15 is 0 Å². The van der Waals surface area contributed by atoms with Gasteiger partial charge in [0.2, 0.25) is 5.91 Å². The normalized spacial score (nSPS) is 29.5. The Labute approximate surface area is 182 Å². The number of rotatable bonds is 4. The van der Waals surface area contributed by atoms with Gasteiger partial charge in [-0.2, -0.15) is 0 Å². The number of Topliss-reactive ketones (excluding diaryl/α,β-unsaturated/α-hetero) is 1. The lowest BCUT2D eigenvalue weighted by Gasteiger charge is -2.37. The maximum Gasteiger partial charge on any atom is 0.271 e. The molecule has 1 N–H and O–H groups in total. The van der Waals surface area contributed by atoms with Gasteiger partial charge in [0, 0.05) is 17.6 Å². The molecule has 3 aliphatic rings. The zero-order valence-corrected chi connectivity index (χ0v) is 18.5. The highest BCUT2D eigenvalue weighted by Crippen LogP contribution is 2.65. The van der Waals surface area contributed by atoms with Gasteiger partial charge in [-0.25, -0.2) is 0 Å². The molecule has 1 aromatic carbocycles. The molecule has 6 nitrogen and oxygen atoms in total. The van der Waals surface area contributed by atoms with Gasteiger partial charge < -0.3 is 10.2 Å². The number of piperidine rings is 1. The summed E-state index contributed by atoms with van der Waals surface area (Å²) >= 11 is 0. The monoisotopic (exact) mass is 419 g/mol. The zero-order valence-electron chi connectivity index (χ0n) is 18.5. The molecule has 6 unspecified atom stereocenters. The predicted octanol–water partition coefficient (Wildman–Crippen LogP) is 3.20. The van der Waals surface area contributed by atoms with Crippen LogP contribution in [0, 0.1) is 23.2 Å². The molecule has 2 aliphatic carbocycles. The molecule has 3 fully saturated rings. The van der Waals surface area contributed by atoms with E-state index in [0.717, 1.165) is 23.6 Å². The molecule has 6 atom stereocenters. The first-order valence-electron chi connectivity index (χ1n) is 11.2. The van der Waals surface area contributed by atoms with E-state index in [0.29, 0.717) is 17.5 Å². The lowest BCUT2D eigenvalue weighted by atomic mass is 9.85. The summed E-state index contributed by atoms with van der Waals surface area (Å²) in [5.74, 6) is 0.838. The van der Waals surface area contributed by atoms with E-state index in [2.05, 4.69) is 10.3 Å². The van der Waals surface area contributed by atoms with Gasteiger partial charge >= 0.3 is 0 Å². The number of likely N-dealkylation sites (tertiary alicyclic amines) is 1. The van der Waals surface area contributed by atoms with Crippen LogP contribution in [0.15, 0.2) is 36.5 Å². The van der Waals surface area contributed by atoms with Crippen LogP contribution in [0.2, 0.25) is 0 Å². The second-order valence-electron chi connectivity index (χ2n) is 10.4. The summed E-state index contributed by atoms with van der Waals surface area (Å²) in [5, 5.41) is 4.67. The second kappa shape index (κ2) is 6.87. The number of benzene rings is 1. The summed E-state index contributed by atoms with van der Waals surface area (Å²) < 4.78 is 0. The number of aromatic nitrogens is 1. The number of hydrogen-bond acceptors (Lipinski definition) is 4. The van der Waals surface area contributed by atoms with Crippen LogP contribution in [0.25, 0.3) is 10.8 Å². The van der Waals surface area contributed by atoms with E-state index in [1.807, 2.05) is 56.0 Å². The van der Waals surface area contributed by atoms with Crippen LogP contribution in [0.5, 0.6) is 0 Å². The molecular formula is C25H29N3O3. The van der Waals surface area contributed by atoms with E-state index in [1.54, 1.807) is 13.1 Å². The van der Waals surface area contributed by atoms with E-state index in [9.17, 15) is 14.4 Å². The van der Waals surface area contributed by atoms with Crippen molar-refractivity contribution in [3.63, 3.8) is 0 Å². The number of carbonyl (C=O) groups excluding carboxylic acids is 3. The van der Waals surface area contributed by atoms with Gasteiger partial charge in [0.15, 0.2) is 5.78 Å². The number of amides is 2. The Morgan fingerprint density at radius 2 is 1.81 bits per heavy atom. The van der Waals surface area contributed by atoms with Crippen LogP contribution in [0.1, 0.15) is 51.0 Å². The first kappa shape index (κ1) is 20.2. The standard InChI is InChI=1S/C25H29N3O3/c1-13(29)20-16-9-10-17-18(16)21(17)28(20)24(31)22(25(2,3)4)27-23(30)19-15-8-6-5-7-14(15)11-12-26-19/h5-8,11-12,16-18,20-22H,9-10H2,1-4H3,(H,27,30). The van der Waals surface area contributed by atoms with Crippen LogP contribution in [0.4, 0.5) is 0 Å². The van der Waals surface area contributed by atoms with Crippen molar-refractivity contribution in [3.05, 3.63) is 42.2 Å². The van der Waals surface area contributed by atoms with Crippen molar-refractivity contribution >= 4 is 28.4 Å². The molecule has 1 aliphatic heterocycles. The number of hydrogen-bond donors (Lipinski definition) is 1. The topological polar surface area (TPSA) is 79.4 Å². The minimum atomic E-state index is -0.735. The quantitative estimate of drug-likeness (QED) is 0.825. The molecule has 0 bridgehead atoms. The molecule has 2 aromatic rings. The van der Waals surface area contributed by atoms with Crippen LogP contribution in [-0.2, 0) is 9.59 Å². The number of nitrogens with one attached hydrogen (secondary N) is 1. The first-order chi connectivity index (χ1) is 14.7. The van der Waals surface area contributed by atoms with Gasteiger partial charge in [-0.1, -0.05) is 45.0 Å². The summed E-state index contributed by atoms with van der Waals surface area (Å²) in [6.45, 7) is 7.44. The Hall–Kier alpha value is -2.76. The van der Waals surface area contributed by atoms with E-state index < -0.39 is 11.5 Å². The SMILES string of the molecule is CC(=O)C1C2CCC3C2C3N1C(=O)C(NC(=O)c1nccc2ccccc12)C(C)(C)C. The van der Waals surface area contributed by atoms with Gasteiger partial charge in [0.1, 0.15) is 11.7 Å². The van der Waals surface area contributed by atoms with Gasteiger partial charge in [-0.15, -0.1) is 0 Å². The molecule has 6 heteroatoms. The van der Waals surface area contributed by atoms with Crippen LogP contribution in [-0.4, -0.2) is 45.6 Å². The highest BCUT2D eigenvalue weighted by Gasteiger charge is 2.71. The number of carbonyl (C=O) groups is 3. The number of ketones is 1. The fourth-order valence-corrected chi connectivity index (χ4v) is 6.12. The third-order valence-corrected chi connectivity index (χ3v) is 7.49. The summed E-state index contributed by atoms with van der Waals surface area (Å²) in [4.78, 5) is 45.7. The maximum atomic E-state index is 13.8. The summed E-state index contributed by atoms with van der Waals surface area (Å²) in [5.41, 5.74) is -0.195. The summed E-state index contributed by atoms with van der Waals surface area (Å²) in [7, 11) is 0. The van der Waals surface area contributed by atoms with Crippen LogP contribution in [0.3, 0.4) is 0 Å². The third-order valence-electron chi connectivity index (χ3n) is 7.49. The Morgan fingerprint density at radius 1 is 1.10 bits per heavy atom. The number of fused-ring (bicyclic) bond motifs is 2. The molecule has 5 rings (SSSR count). The van der Waals surface area contributed by atoms with E-state index in [-0.39, 0.29) is 35.6 Å². The second-order valence-corrected chi connectivity index (χ2v) is 10.4. The Balaban J connectivity index is 1.46. The number of nitrogens with zero attached hydrogens (tertiary/aromatic N) is 2. The lowest BCUT2D eigenvalue weighted by Crippen LogP contribution is -2.58. The van der Waals surface area contributed by atoms with Gasteiger partial charge in [-0.05, 0) is 54.4 Å². The molecule has 0 spiro atoms. The average Bonchev–Trinajstić information content (AvgIpc) is 3.15. The molecule has 1 aromatic heterocycles. The molecular weight excluding hydrogens is 390 g/mol. The zero-order chi connectivity index (χ0) is 22.1. The van der Waals surface area contributed by atoms with Gasteiger partial charge in [0.25, 0.3) is 5.91 Å². The summed E-state index contributed by atoms with van der Waals surface area (Å²) in [6.07, 6.45) is 3.73. The number of pyridine rings is 1.